The highest BCUT2D eigenvalue weighted by molar-refractivity contribution is 5.94. The highest BCUT2D eigenvalue weighted by Crippen LogP contribution is 2.20. The molecule has 0 aliphatic carbocycles. The molecule has 25 heavy (non-hydrogen) atoms. The van der Waals surface area contributed by atoms with Crippen LogP contribution < -0.4 is 10.3 Å². The van der Waals surface area contributed by atoms with E-state index in [2.05, 4.69) is 29.2 Å². The van der Waals surface area contributed by atoms with Gasteiger partial charge in [-0.15, -0.1) is 0 Å². The predicted octanol–water partition coefficient (Wildman–Crippen LogP) is 3.12. The lowest BCUT2D eigenvalue weighted by molar-refractivity contribution is 0.0917. The van der Waals surface area contributed by atoms with E-state index in [-0.39, 0.29) is 5.91 Å². The van der Waals surface area contributed by atoms with Crippen LogP contribution in [0.15, 0.2) is 29.4 Å². The fourth-order valence-electron chi connectivity index (χ4n) is 3.64. The Kier molecular flexibility index (Phi) is 5.74. The topological polar surface area (TPSA) is 47.9 Å². The van der Waals surface area contributed by atoms with Crippen molar-refractivity contribution in [3.05, 3.63) is 29.8 Å². The van der Waals surface area contributed by atoms with Gasteiger partial charge in [0, 0.05) is 43.4 Å². The van der Waals surface area contributed by atoms with Crippen molar-refractivity contribution in [2.24, 2.45) is 11.0 Å². The van der Waals surface area contributed by atoms with E-state index >= 15 is 0 Å². The van der Waals surface area contributed by atoms with Crippen molar-refractivity contribution >= 4 is 17.3 Å². The number of amides is 1. The average molecular weight is 342 g/mol. The number of nitrogens with zero attached hydrogens (tertiary/aromatic N) is 3. The molecule has 0 spiro atoms. The van der Waals surface area contributed by atoms with Gasteiger partial charge < -0.3 is 5.32 Å². The number of anilines is 1. The first kappa shape index (κ1) is 17.9. The quantitative estimate of drug-likeness (QED) is 0.894. The van der Waals surface area contributed by atoms with Crippen molar-refractivity contribution in [1.82, 2.24) is 10.2 Å². The number of hydrazone groups is 1. The summed E-state index contributed by atoms with van der Waals surface area (Å²) in [5, 5.41) is 9.58. The number of likely N-dealkylation sites (tertiary alicyclic amines) is 1. The molecule has 1 fully saturated rings. The van der Waals surface area contributed by atoms with Gasteiger partial charge in [-0.3, -0.25) is 14.7 Å². The van der Waals surface area contributed by atoms with Gasteiger partial charge in [-0.1, -0.05) is 6.92 Å². The minimum Gasteiger partial charge on any atom is -0.350 e. The number of piperidine rings is 1. The van der Waals surface area contributed by atoms with Crippen molar-refractivity contribution in [3.63, 3.8) is 0 Å². The van der Waals surface area contributed by atoms with Gasteiger partial charge in [0.1, 0.15) is 0 Å². The molecule has 1 N–H and O–H groups in total. The minimum absolute atomic E-state index is 0.00422. The zero-order valence-corrected chi connectivity index (χ0v) is 15.7. The summed E-state index contributed by atoms with van der Waals surface area (Å²) in [6.07, 6.45) is 3.59. The molecule has 1 aromatic carbocycles. The largest absolute Gasteiger partial charge is 0.350 e. The number of carbonyl (C=O) groups is 1. The van der Waals surface area contributed by atoms with Crippen molar-refractivity contribution < 1.29 is 4.79 Å². The van der Waals surface area contributed by atoms with Crippen LogP contribution in [-0.2, 0) is 0 Å². The lowest BCUT2D eigenvalue weighted by Crippen LogP contribution is -2.46. The van der Waals surface area contributed by atoms with Crippen LogP contribution in [0, 0.1) is 5.92 Å². The fraction of sp³-hybridized carbons (Fsp3) is 0.600. The third-order valence-corrected chi connectivity index (χ3v) is 5.27. The Morgan fingerprint density at radius 1 is 1.32 bits per heavy atom. The van der Waals surface area contributed by atoms with Gasteiger partial charge in [0.15, 0.2) is 0 Å². The molecule has 3 rings (SSSR count). The molecule has 2 aliphatic heterocycles. The molecular formula is C20H30N4O. The minimum atomic E-state index is 0.00422. The van der Waals surface area contributed by atoms with Crippen molar-refractivity contribution in [2.45, 2.75) is 46.1 Å². The Balaban J connectivity index is 1.51. The molecule has 5 nitrogen and oxygen atoms in total. The molecule has 1 amide bonds. The summed E-state index contributed by atoms with van der Waals surface area (Å²) in [6.45, 7) is 10.5. The van der Waals surface area contributed by atoms with E-state index in [0.29, 0.717) is 18.2 Å². The zero-order chi connectivity index (χ0) is 17.8. The number of nitrogens with one attached hydrogen (secondary N) is 1. The van der Waals surface area contributed by atoms with Crippen molar-refractivity contribution in [3.8, 4) is 0 Å². The van der Waals surface area contributed by atoms with Gasteiger partial charge in [0.25, 0.3) is 5.91 Å². The van der Waals surface area contributed by atoms with Crippen LogP contribution in [0.1, 0.15) is 50.4 Å². The maximum atomic E-state index is 12.4. The Hall–Kier alpha value is -1.88. The number of hydrogen-bond donors (Lipinski definition) is 1. The Labute approximate surface area is 151 Å². The van der Waals surface area contributed by atoms with Gasteiger partial charge in [-0.25, -0.2) is 0 Å². The smallest absolute Gasteiger partial charge is 0.251 e. The lowest BCUT2D eigenvalue weighted by atomic mass is 9.99. The molecular weight excluding hydrogens is 312 g/mol. The van der Waals surface area contributed by atoms with Crippen LogP contribution in [0.2, 0.25) is 0 Å². The van der Waals surface area contributed by atoms with E-state index in [4.69, 9.17) is 0 Å². The van der Waals surface area contributed by atoms with Crippen LogP contribution >= 0.6 is 0 Å². The summed E-state index contributed by atoms with van der Waals surface area (Å²) in [4.78, 5) is 14.9. The highest BCUT2D eigenvalue weighted by atomic mass is 16.1. The summed E-state index contributed by atoms with van der Waals surface area (Å²) in [5.74, 6) is 0.765. The molecule has 5 heteroatoms. The van der Waals surface area contributed by atoms with Crippen molar-refractivity contribution in [1.29, 1.82) is 0 Å². The summed E-state index contributed by atoms with van der Waals surface area (Å²) in [7, 11) is 0. The van der Waals surface area contributed by atoms with Gasteiger partial charge in [-0.2, -0.15) is 5.10 Å². The average Bonchev–Trinajstić information content (AvgIpc) is 3.06. The third-order valence-electron chi connectivity index (χ3n) is 5.27. The molecule has 0 saturated carbocycles. The lowest BCUT2D eigenvalue weighted by Gasteiger charge is -2.35. The standard InChI is InChI=1S/C20H30N4O/c1-15-5-4-11-23(14-15)17(3)13-21-20(25)18-6-8-19(9-7-18)24-12-10-16(2)22-24/h6-9,15,17H,4-5,10-14H2,1-3H3,(H,21,25)/t15-,17-/m0/s1. The number of hydrogen-bond acceptors (Lipinski definition) is 4. The maximum absolute atomic E-state index is 12.4. The Morgan fingerprint density at radius 3 is 2.72 bits per heavy atom. The first-order valence-electron chi connectivity index (χ1n) is 9.47. The molecule has 136 valence electrons. The van der Waals surface area contributed by atoms with E-state index in [9.17, 15) is 4.79 Å². The van der Waals surface area contributed by atoms with E-state index in [1.807, 2.05) is 36.2 Å². The Bertz CT molecular complexity index is 625. The number of carbonyl (C=O) groups excluding carboxylic acids is 1. The first-order valence-corrected chi connectivity index (χ1v) is 9.47. The summed E-state index contributed by atoms with van der Waals surface area (Å²) in [5.41, 5.74) is 2.91. The van der Waals surface area contributed by atoms with Crippen molar-refractivity contribution in [2.75, 3.05) is 31.2 Å². The normalized spacial score (nSPS) is 22.6. The number of benzene rings is 1. The fourth-order valence-corrected chi connectivity index (χ4v) is 3.64. The molecule has 0 unspecified atom stereocenters. The van der Waals surface area contributed by atoms with E-state index < -0.39 is 0 Å². The zero-order valence-electron chi connectivity index (χ0n) is 15.7. The number of rotatable bonds is 5. The second-order valence-corrected chi connectivity index (χ2v) is 7.56. The highest BCUT2D eigenvalue weighted by Gasteiger charge is 2.21. The van der Waals surface area contributed by atoms with Crippen LogP contribution in [0.25, 0.3) is 0 Å². The monoisotopic (exact) mass is 342 g/mol. The third kappa shape index (κ3) is 4.60. The SMILES string of the molecule is CC1=NN(c2ccc(C(=O)NC[C@H](C)N3CCC[C@H](C)C3)cc2)CC1. The van der Waals surface area contributed by atoms with Crippen LogP contribution in [0.5, 0.6) is 0 Å². The second-order valence-electron chi connectivity index (χ2n) is 7.56. The molecule has 0 radical (unpaired) electrons. The maximum Gasteiger partial charge on any atom is 0.251 e. The molecule has 2 atom stereocenters. The predicted molar refractivity (Wildman–Crippen MR) is 103 cm³/mol. The van der Waals surface area contributed by atoms with E-state index in [1.165, 1.54) is 12.8 Å². The summed E-state index contributed by atoms with van der Waals surface area (Å²) in [6, 6.07) is 8.12. The molecule has 1 saturated heterocycles. The molecule has 0 aromatic heterocycles. The van der Waals surface area contributed by atoms with Gasteiger partial charge >= 0.3 is 0 Å². The summed E-state index contributed by atoms with van der Waals surface area (Å²) < 4.78 is 0. The summed E-state index contributed by atoms with van der Waals surface area (Å²) >= 11 is 0. The molecule has 0 bridgehead atoms. The van der Waals surface area contributed by atoms with Crippen LogP contribution in [0.4, 0.5) is 5.69 Å². The van der Waals surface area contributed by atoms with Crippen LogP contribution in [0.3, 0.4) is 0 Å². The van der Waals surface area contributed by atoms with E-state index in [1.54, 1.807) is 0 Å². The molecule has 1 aromatic rings. The molecule has 2 heterocycles. The van der Waals surface area contributed by atoms with E-state index in [0.717, 1.165) is 43.4 Å². The van der Waals surface area contributed by atoms with Gasteiger partial charge in [-0.05, 0) is 63.4 Å². The second kappa shape index (κ2) is 8.00. The first-order chi connectivity index (χ1) is 12.0. The van der Waals surface area contributed by atoms with Crippen LogP contribution in [-0.4, -0.2) is 48.7 Å². The van der Waals surface area contributed by atoms with Gasteiger partial charge in [0.2, 0.25) is 0 Å². The van der Waals surface area contributed by atoms with Gasteiger partial charge in [0.05, 0.1) is 5.69 Å². The Morgan fingerprint density at radius 2 is 2.08 bits per heavy atom. The molecule has 2 aliphatic rings.